The second-order valence-electron chi connectivity index (χ2n) is 14.2. The molecule has 1 saturated heterocycles. The molecule has 0 aliphatic carbocycles. The van der Waals surface area contributed by atoms with Gasteiger partial charge in [0, 0.05) is 64.5 Å². The molecule has 0 aromatic heterocycles. The number of anilines is 1. The Morgan fingerprint density at radius 2 is 1.42 bits per heavy atom. The smallest absolute Gasteiger partial charge is 0.416 e. The van der Waals surface area contributed by atoms with Crippen molar-refractivity contribution in [3.05, 3.63) is 137 Å². The van der Waals surface area contributed by atoms with E-state index in [0.29, 0.717) is 38.4 Å². The van der Waals surface area contributed by atoms with E-state index in [1.165, 1.54) is 24.3 Å². The van der Waals surface area contributed by atoms with Crippen molar-refractivity contribution in [3.8, 4) is 5.75 Å². The predicted molar refractivity (Wildman–Crippen MR) is 211 cm³/mol. The van der Waals surface area contributed by atoms with Gasteiger partial charge in [-0.3, -0.25) is 9.59 Å². The first-order chi connectivity index (χ1) is 26.4. The Morgan fingerprint density at radius 1 is 0.800 bits per heavy atom. The number of alkyl halides is 3. The first-order valence-corrected chi connectivity index (χ1v) is 18.7. The fourth-order valence-corrected chi connectivity index (χ4v) is 6.41. The van der Waals surface area contributed by atoms with E-state index in [2.05, 4.69) is 9.80 Å². The molecular formula is C44H51F3N4O4. The van der Waals surface area contributed by atoms with Gasteiger partial charge in [0.2, 0.25) is 11.8 Å². The van der Waals surface area contributed by atoms with Gasteiger partial charge in [-0.1, -0.05) is 66.7 Å². The molecule has 5 rings (SSSR count). The van der Waals surface area contributed by atoms with Gasteiger partial charge >= 0.3 is 6.18 Å². The second-order valence-corrected chi connectivity index (χ2v) is 14.2. The number of carbonyl (C=O) groups is 2. The highest BCUT2D eigenvalue weighted by molar-refractivity contribution is 5.95. The molecule has 1 unspecified atom stereocenters. The third-order valence-electron chi connectivity index (χ3n) is 9.48. The third kappa shape index (κ3) is 12.4. The maximum Gasteiger partial charge on any atom is 0.416 e. The summed E-state index contributed by atoms with van der Waals surface area (Å²) in [6, 6.07) is 29.3. The summed E-state index contributed by atoms with van der Waals surface area (Å²) in [5.74, 6) is 0.174. The van der Waals surface area contributed by atoms with Crippen molar-refractivity contribution in [1.82, 2.24) is 14.7 Å². The minimum atomic E-state index is -4.47. The summed E-state index contributed by atoms with van der Waals surface area (Å²) in [5.41, 5.74) is 3.56. The molecule has 0 spiro atoms. The zero-order chi connectivity index (χ0) is 39.4. The highest BCUT2D eigenvalue weighted by atomic mass is 19.4. The molecule has 1 aliphatic rings. The lowest BCUT2D eigenvalue weighted by Gasteiger charge is -2.34. The molecule has 292 valence electrons. The summed E-state index contributed by atoms with van der Waals surface area (Å²) in [6.07, 6.45) is -1.28. The fraction of sp³-hybridized carbons (Fsp3) is 0.364. The zero-order valence-electron chi connectivity index (χ0n) is 32.0. The molecule has 0 bridgehead atoms. The lowest BCUT2D eigenvalue weighted by molar-refractivity contribution is -0.143. The molecule has 8 nitrogen and oxygen atoms in total. The molecule has 11 heteroatoms. The highest BCUT2D eigenvalue weighted by Crippen LogP contribution is 2.29. The van der Waals surface area contributed by atoms with Gasteiger partial charge in [-0.05, 0) is 85.6 Å². The number of nitrogens with zero attached hydrogens (tertiary/aromatic N) is 4. The van der Waals surface area contributed by atoms with E-state index in [0.717, 1.165) is 53.3 Å². The minimum Gasteiger partial charge on any atom is -0.491 e. The van der Waals surface area contributed by atoms with Crippen LogP contribution in [0, 0.1) is 0 Å². The van der Waals surface area contributed by atoms with Crippen LogP contribution in [-0.2, 0) is 40.0 Å². The maximum atomic E-state index is 14.5. The van der Waals surface area contributed by atoms with E-state index in [1.807, 2.05) is 99.8 Å². The maximum absolute atomic E-state index is 14.5. The van der Waals surface area contributed by atoms with Crippen molar-refractivity contribution in [2.75, 3.05) is 58.4 Å². The monoisotopic (exact) mass is 756 g/mol. The molecule has 2 amide bonds. The summed E-state index contributed by atoms with van der Waals surface area (Å²) in [5, 5.41) is 0. The first-order valence-electron chi connectivity index (χ1n) is 18.7. The lowest BCUT2D eigenvalue weighted by atomic mass is 10.0. The molecule has 0 saturated carbocycles. The summed E-state index contributed by atoms with van der Waals surface area (Å²) >= 11 is 0. The Hall–Kier alpha value is -5.13. The summed E-state index contributed by atoms with van der Waals surface area (Å²) < 4.78 is 50.9. The Morgan fingerprint density at radius 3 is 2.04 bits per heavy atom. The van der Waals surface area contributed by atoms with Gasteiger partial charge in [-0.15, -0.1) is 0 Å². The summed E-state index contributed by atoms with van der Waals surface area (Å²) in [7, 11) is 3.75. The van der Waals surface area contributed by atoms with Crippen molar-refractivity contribution < 1.29 is 32.2 Å². The number of ether oxygens (including phenoxy) is 2. The van der Waals surface area contributed by atoms with Gasteiger partial charge in [0.05, 0.1) is 24.9 Å². The van der Waals surface area contributed by atoms with Crippen LogP contribution in [0.1, 0.15) is 41.7 Å². The summed E-state index contributed by atoms with van der Waals surface area (Å²) in [6.45, 7) is 8.70. The Balaban J connectivity index is 1.37. The van der Waals surface area contributed by atoms with Crippen LogP contribution in [0.3, 0.4) is 0 Å². The van der Waals surface area contributed by atoms with Crippen LogP contribution in [0.25, 0.3) is 6.08 Å². The van der Waals surface area contributed by atoms with Crippen molar-refractivity contribution in [1.29, 1.82) is 0 Å². The van der Waals surface area contributed by atoms with Crippen molar-refractivity contribution in [2.45, 2.75) is 51.7 Å². The average Bonchev–Trinajstić information content (AvgIpc) is 3.18. The van der Waals surface area contributed by atoms with Gasteiger partial charge < -0.3 is 29.1 Å². The second kappa shape index (κ2) is 19.5. The van der Waals surface area contributed by atoms with E-state index in [-0.39, 0.29) is 25.0 Å². The quantitative estimate of drug-likeness (QED) is 0.110. The highest BCUT2D eigenvalue weighted by Gasteiger charge is 2.32. The third-order valence-corrected chi connectivity index (χ3v) is 9.48. The van der Waals surface area contributed by atoms with Crippen LogP contribution >= 0.6 is 0 Å². The van der Waals surface area contributed by atoms with Gasteiger partial charge in [0.25, 0.3) is 0 Å². The molecule has 1 fully saturated rings. The van der Waals surface area contributed by atoms with E-state index < -0.39 is 23.7 Å². The van der Waals surface area contributed by atoms with Crippen LogP contribution in [0.5, 0.6) is 5.75 Å². The number of morpholine rings is 1. The number of hydrogen-bond donors (Lipinski definition) is 0. The largest absolute Gasteiger partial charge is 0.491 e. The SMILES string of the molecule is CC(C)Oc1ccc(CN(C)CCN(C)C(=O)C(Cc2ccccc2)N(Cc2ccc(N3CCOCC3)cc2)C(=O)C=Cc2ccc(C(F)(F)F)cc2)cc1. The van der Waals surface area contributed by atoms with E-state index in [1.54, 1.807) is 16.8 Å². The number of likely N-dealkylation sites (N-methyl/N-ethyl adjacent to an activating group) is 2. The molecule has 4 aromatic rings. The molecule has 1 heterocycles. The number of hydrogen-bond acceptors (Lipinski definition) is 6. The Kier molecular flexibility index (Phi) is 14.5. The van der Waals surface area contributed by atoms with E-state index >= 15 is 0 Å². The molecule has 0 N–H and O–H groups in total. The molecule has 1 atom stereocenters. The Bertz CT molecular complexity index is 1830. The Labute approximate surface area is 322 Å². The summed E-state index contributed by atoms with van der Waals surface area (Å²) in [4.78, 5) is 36.3. The number of benzene rings is 4. The minimum absolute atomic E-state index is 0.0921. The van der Waals surface area contributed by atoms with Gasteiger partial charge in [-0.2, -0.15) is 13.2 Å². The van der Waals surface area contributed by atoms with Crippen LogP contribution in [0.15, 0.2) is 109 Å². The number of halogens is 3. The van der Waals surface area contributed by atoms with Crippen LogP contribution in [0.4, 0.5) is 18.9 Å². The fourth-order valence-electron chi connectivity index (χ4n) is 6.41. The van der Waals surface area contributed by atoms with Crippen molar-refractivity contribution in [2.24, 2.45) is 0 Å². The molecule has 55 heavy (non-hydrogen) atoms. The zero-order valence-corrected chi connectivity index (χ0v) is 32.0. The van der Waals surface area contributed by atoms with Crippen LogP contribution in [0.2, 0.25) is 0 Å². The standard InChI is InChI=1S/C44H51F3N4O4/c1-33(2)55-40-21-14-36(15-22-40)31-48(3)24-25-49(4)43(53)41(30-35-8-6-5-7-9-35)51(32-37-12-19-39(20-13-37)50-26-28-54-29-27-50)42(52)23-16-34-10-17-38(18-11-34)44(45,46)47/h5-23,33,41H,24-32H2,1-4H3. The molecule has 1 aliphatic heterocycles. The first kappa shape index (κ1) is 41.0. The lowest BCUT2D eigenvalue weighted by Crippen LogP contribution is -2.51. The normalized spacial score (nSPS) is 14.0. The van der Waals surface area contributed by atoms with Crippen molar-refractivity contribution >= 4 is 23.6 Å². The van der Waals surface area contributed by atoms with Gasteiger partial charge in [0.1, 0.15) is 11.8 Å². The van der Waals surface area contributed by atoms with Gasteiger partial charge in [-0.25, -0.2) is 0 Å². The van der Waals surface area contributed by atoms with Crippen LogP contribution in [-0.4, -0.2) is 92.1 Å². The molecule has 4 aromatic carbocycles. The number of amides is 2. The molecular weight excluding hydrogens is 706 g/mol. The van der Waals surface area contributed by atoms with E-state index in [4.69, 9.17) is 9.47 Å². The number of rotatable bonds is 16. The van der Waals surface area contributed by atoms with Crippen LogP contribution < -0.4 is 9.64 Å². The average molecular weight is 757 g/mol. The topological polar surface area (TPSA) is 65.6 Å². The van der Waals surface area contributed by atoms with Gasteiger partial charge in [0.15, 0.2) is 0 Å². The van der Waals surface area contributed by atoms with Crippen molar-refractivity contribution in [3.63, 3.8) is 0 Å². The number of carbonyl (C=O) groups excluding carboxylic acids is 2. The predicted octanol–water partition coefficient (Wildman–Crippen LogP) is 7.57. The molecule has 0 radical (unpaired) electrons. The van der Waals surface area contributed by atoms with E-state index in [9.17, 15) is 22.8 Å².